The second-order valence-electron chi connectivity index (χ2n) is 5.00. The molecule has 120 valence electrons. The van der Waals surface area contributed by atoms with Crippen LogP contribution in [0.1, 0.15) is 18.8 Å². The van der Waals surface area contributed by atoms with Crippen molar-refractivity contribution in [2.45, 2.75) is 19.5 Å². The van der Waals surface area contributed by atoms with E-state index in [-0.39, 0.29) is 11.9 Å². The zero-order valence-electron chi connectivity index (χ0n) is 13.1. The minimum absolute atomic E-state index is 0.181. The zero-order valence-corrected chi connectivity index (χ0v) is 13.1. The quantitative estimate of drug-likeness (QED) is 0.820. The van der Waals surface area contributed by atoms with E-state index in [1.54, 1.807) is 32.4 Å². The number of nitrogens with one attached hydrogen (secondary N) is 1. The predicted molar refractivity (Wildman–Crippen MR) is 80.3 cm³/mol. The monoisotopic (exact) mass is 309 g/mol. The van der Waals surface area contributed by atoms with Gasteiger partial charge in [-0.1, -0.05) is 0 Å². The molecule has 0 aliphatic carbocycles. The summed E-state index contributed by atoms with van der Waals surface area (Å²) in [6.07, 6.45) is 2.79. The first-order valence-corrected chi connectivity index (χ1v) is 6.86. The SMILES string of the molecule is COCCn1cnnc1[C@@H](C)Nc1ncc(F)c(N(C)C)n1. The lowest BCUT2D eigenvalue weighted by atomic mass is 10.3. The predicted octanol–water partition coefficient (Wildman–Crippen LogP) is 1.09. The van der Waals surface area contributed by atoms with Crippen molar-refractivity contribution in [2.75, 3.05) is 38.0 Å². The van der Waals surface area contributed by atoms with Gasteiger partial charge in [-0.25, -0.2) is 9.37 Å². The third-order valence-corrected chi connectivity index (χ3v) is 3.06. The van der Waals surface area contributed by atoms with Crippen LogP contribution in [0.25, 0.3) is 0 Å². The highest BCUT2D eigenvalue weighted by Crippen LogP contribution is 2.18. The molecule has 2 heterocycles. The van der Waals surface area contributed by atoms with Crippen LogP contribution in [-0.4, -0.2) is 52.5 Å². The van der Waals surface area contributed by atoms with Crippen molar-refractivity contribution in [2.24, 2.45) is 0 Å². The van der Waals surface area contributed by atoms with Gasteiger partial charge in [0.25, 0.3) is 0 Å². The molecule has 8 nitrogen and oxygen atoms in total. The van der Waals surface area contributed by atoms with E-state index in [1.807, 2.05) is 11.5 Å². The van der Waals surface area contributed by atoms with Crippen molar-refractivity contribution in [3.05, 3.63) is 24.2 Å². The maximum Gasteiger partial charge on any atom is 0.225 e. The van der Waals surface area contributed by atoms with Gasteiger partial charge in [0.05, 0.1) is 18.8 Å². The standard InChI is InChI=1S/C13H20FN7O/c1-9(11-19-16-8-21(11)5-6-22-4)17-13-15-7-10(14)12(18-13)20(2)3/h7-9H,5-6H2,1-4H3,(H,15,17,18)/t9-/m1/s1. The van der Waals surface area contributed by atoms with Gasteiger partial charge in [-0.15, -0.1) is 10.2 Å². The number of halogens is 1. The van der Waals surface area contributed by atoms with Crippen molar-refractivity contribution >= 4 is 11.8 Å². The molecule has 0 aliphatic rings. The summed E-state index contributed by atoms with van der Waals surface area (Å²) in [5, 5.41) is 11.1. The summed E-state index contributed by atoms with van der Waals surface area (Å²) in [5.74, 6) is 0.826. The smallest absolute Gasteiger partial charge is 0.225 e. The largest absolute Gasteiger partial charge is 0.383 e. The van der Waals surface area contributed by atoms with Gasteiger partial charge in [0.1, 0.15) is 6.33 Å². The molecule has 1 N–H and O–H groups in total. The van der Waals surface area contributed by atoms with E-state index in [4.69, 9.17) is 4.74 Å². The average molecular weight is 309 g/mol. The maximum atomic E-state index is 13.6. The fraction of sp³-hybridized carbons (Fsp3) is 0.538. The molecule has 0 radical (unpaired) electrons. The minimum Gasteiger partial charge on any atom is -0.383 e. The molecule has 2 rings (SSSR count). The fourth-order valence-electron chi connectivity index (χ4n) is 1.96. The number of methoxy groups -OCH3 is 1. The maximum absolute atomic E-state index is 13.6. The van der Waals surface area contributed by atoms with Crippen molar-refractivity contribution in [1.82, 2.24) is 24.7 Å². The molecule has 2 aromatic heterocycles. The summed E-state index contributed by atoms with van der Waals surface area (Å²) >= 11 is 0. The summed E-state index contributed by atoms with van der Waals surface area (Å²) in [6, 6.07) is -0.181. The summed E-state index contributed by atoms with van der Waals surface area (Å²) in [4.78, 5) is 9.71. The van der Waals surface area contributed by atoms with Gasteiger partial charge < -0.3 is 19.5 Å². The van der Waals surface area contributed by atoms with E-state index in [1.165, 1.54) is 0 Å². The molecule has 0 aromatic carbocycles. The Balaban J connectivity index is 2.13. The van der Waals surface area contributed by atoms with E-state index in [9.17, 15) is 4.39 Å². The normalized spacial score (nSPS) is 12.2. The molecule has 2 aromatic rings. The molecular weight excluding hydrogens is 289 g/mol. The summed E-state index contributed by atoms with van der Waals surface area (Å²) in [7, 11) is 5.08. The first-order valence-electron chi connectivity index (χ1n) is 6.86. The Morgan fingerprint density at radius 1 is 1.45 bits per heavy atom. The van der Waals surface area contributed by atoms with Gasteiger partial charge in [0, 0.05) is 27.7 Å². The van der Waals surface area contributed by atoms with E-state index in [0.29, 0.717) is 19.1 Å². The zero-order chi connectivity index (χ0) is 16.1. The van der Waals surface area contributed by atoms with Crippen LogP contribution >= 0.6 is 0 Å². The van der Waals surface area contributed by atoms with Gasteiger partial charge in [0.2, 0.25) is 5.95 Å². The van der Waals surface area contributed by atoms with E-state index < -0.39 is 5.82 Å². The van der Waals surface area contributed by atoms with Crippen LogP contribution in [0.2, 0.25) is 0 Å². The molecule has 0 saturated heterocycles. The summed E-state index contributed by atoms with van der Waals surface area (Å²) in [5.41, 5.74) is 0. The van der Waals surface area contributed by atoms with Gasteiger partial charge in [-0.3, -0.25) is 0 Å². The van der Waals surface area contributed by atoms with Gasteiger partial charge in [-0.05, 0) is 6.92 Å². The summed E-state index contributed by atoms with van der Waals surface area (Å²) in [6.45, 7) is 3.13. The Kier molecular flexibility index (Phi) is 5.21. The highest BCUT2D eigenvalue weighted by atomic mass is 19.1. The summed E-state index contributed by atoms with van der Waals surface area (Å²) < 4.78 is 20.5. The van der Waals surface area contributed by atoms with Gasteiger partial charge in [0.15, 0.2) is 17.5 Å². The molecule has 0 spiro atoms. The van der Waals surface area contributed by atoms with Gasteiger partial charge in [-0.2, -0.15) is 4.98 Å². The molecule has 1 atom stereocenters. The number of nitrogens with zero attached hydrogens (tertiary/aromatic N) is 6. The number of ether oxygens (including phenoxy) is 1. The van der Waals surface area contributed by atoms with Crippen LogP contribution in [0, 0.1) is 5.82 Å². The molecule has 0 aliphatic heterocycles. The number of aromatic nitrogens is 5. The Hall–Kier alpha value is -2.29. The molecule has 0 saturated carbocycles. The third kappa shape index (κ3) is 3.67. The molecule has 22 heavy (non-hydrogen) atoms. The Labute approximate surface area is 128 Å². The van der Waals surface area contributed by atoms with Gasteiger partial charge >= 0.3 is 0 Å². The first-order chi connectivity index (χ1) is 10.5. The lowest BCUT2D eigenvalue weighted by molar-refractivity contribution is 0.186. The van der Waals surface area contributed by atoms with Crippen molar-refractivity contribution < 1.29 is 9.13 Å². The van der Waals surface area contributed by atoms with E-state index >= 15 is 0 Å². The lowest BCUT2D eigenvalue weighted by Crippen LogP contribution is -2.18. The Bertz CT molecular complexity index is 616. The Morgan fingerprint density at radius 2 is 2.23 bits per heavy atom. The number of hydrogen-bond donors (Lipinski definition) is 1. The number of rotatable bonds is 7. The Morgan fingerprint density at radius 3 is 2.91 bits per heavy atom. The second-order valence-corrected chi connectivity index (χ2v) is 5.00. The fourth-order valence-corrected chi connectivity index (χ4v) is 1.96. The number of hydrogen-bond acceptors (Lipinski definition) is 7. The lowest BCUT2D eigenvalue weighted by Gasteiger charge is -2.17. The van der Waals surface area contributed by atoms with E-state index in [0.717, 1.165) is 12.0 Å². The van der Waals surface area contributed by atoms with Crippen molar-refractivity contribution in [3.63, 3.8) is 0 Å². The second kappa shape index (κ2) is 7.12. The van der Waals surface area contributed by atoms with E-state index in [2.05, 4.69) is 25.5 Å². The topological polar surface area (TPSA) is 81.0 Å². The third-order valence-electron chi connectivity index (χ3n) is 3.06. The molecule has 0 bridgehead atoms. The minimum atomic E-state index is -0.466. The van der Waals surface area contributed by atoms with Crippen LogP contribution in [0.5, 0.6) is 0 Å². The van der Waals surface area contributed by atoms with Crippen molar-refractivity contribution in [1.29, 1.82) is 0 Å². The molecule has 0 fully saturated rings. The first kappa shape index (κ1) is 16.1. The van der Waals surface area contributed by atoms with Crippen LogP contribution in [0.3, 0.4) is 0 Å². The molecule has 0 amide bonds. The highest BCUT2D eigenvalue weighted by Gasteiger charge is 2.16. The molecular formula is C13H20FN7O. The molecule has 9 heteroatoms. The van der Waals surface area contributed by atoms with Crippen molar-refractivity contribution in [3.8, 4) is 0 Å². The van der Waals surface area contributed by atoms with Crippen LogP contribution < -0.4 is 10.2 Å². The highest BCUT2D eigenvalue weighted by molar-refractivity contribution is 5.42. The average Bonchev–Trinajstić information content (AvgIpc) is 2.95. The van der Waals surface area contributed by atoms with Crippen LogP contribution in [0.4, 0.5) is 16.2 Å². The molecule has 0 unspecified atom stereocenters. The van der Waals surface area contributed by atoms with Crippen LogP contribution in [0.15, 0.2) is 12.5 Å². The van der Waals surface area contributed by atoms with Crippen LogP contribution in [-0.2, 0) is 11.3 Å². The number of anilines is 2.